The number of ether oxygens (including phenoxy) is 2. The van der Waals surface area contributed by atoms with Gasteiger partial charge < -0.3 is 14.6 Å². The quantitative estimate of drug-likeness (QED) is 0.798. The fourth-order valence-corrected chi connectivity index (χ4v) is 3.42. The number of esters is 1. The van der Waals surface area contributed by atoms with E-state index in [2.05, 4.69) is 0 Å². The highest BCUT2D eigenvalue weighted by Gasteiger charge is 2.42. The number of halogens is 2. The maximum atomic E-state index is 13.7. The number of carbonyl (C=O) groups excluding carboxylic acids is 1. The van der Waals surface area contributed by atoms with Crippen molar-refractivity contribution in [3.8, 4) is 5.75 Å². The maximum absolute atomic E-state index is 13.7. The molecule has 0 amide bonds. The standard InChI is InChI=1S/C20H20ClFO4/c1-2-25-19(23)12-20(24)11-16(9-13-3-5-14(21)6-4-13)26-18-8-7-15(22)10-17(18)20/h3-8,10,16,24H,2,9,11-12H2,1H3/t16-,20-/m1/s1. The van der Waals surface area contributed by atoms with Crippen molar-refractivity contribution in [2.75, 3.05) is 6.61 Å². The summed E-state index contributed by atoms with van der Waals surface area (Å²) in [4.78, 5) is 12.0. The molecule has 0 fully saturated rings. The molecule has 3 rings (SSSR count). The molecule has 0 saturated heterocycles. The number of fused-ring (bicyclic) bond motifs is 1. The van der Waals surface area contributed by atoms with Crippen molar-refractivity contribution in [2.24, 2.45) is 0 Å². The van der Waals surface area contributed by atoms with Crippen LogP contribution in [0.5, 0.6) is 5.75 Å². The normalized spacial score (nSPS) is 21.6. The lowest BCUT2D eigenvalue weighted by molar-refractivity contribution is -0.151. The van der Waals surface area contributed by atoms with Crippen LogP contribution >= 0.6 is 11.6 Å². The first-order valence-electron chi connectivity index (χ1n) is 8.49. The second-order valence-corrected chi connectivity index (χ2v) is 6.86. The summed E-state index contributed by atoms with van der Waals surface area (Å²) in [6, 6.07) is 11.3. The van der Waals surface area contributed by atoms with Crippen LogP contribution in [-0.2, 0) is 21.6 Å². The molecule has 1 N–H and O–H groups in total. The van der Waals surface area contributed by atoms with Crippen LogP contribution in [0, 0.1) is 5.82 Å². The van der Waals surface area contributed by atoms with Crippen molar-refractivity contribution >= 4 is 17.6 Å². The Kier molecular flexibility index (Phi) is 5.49. The van der Waals surface area contributed by atoms with Gasteiger partial charge in [-0.05, 0) is 42.8 Å². The fourth-order valence-electron chi connectivity index (χ4n) is 3.29. The zero-order valence-corrected chi connectivity index (χ0v) is 15.1. The number of carbonyl (C=O) groups is 1. The predicted molar refractivity (Wildman–Crippen MR) is 95.7 cm³/mol. The van der Waals surface area contributed by atoms with Gasteiger partial charge in [-0.1, -0.05) is 23.7 Å². The third-order valence-corrected chi connectivity index (χ3v) is 4.67. The molecule has 4 nitrogen and oxygen atoms in total. The average molecular weight is 379 g/mol. The zero-order chi connectivity index (χ0) is 18.7. The number of benzene rings is 2. The minimum absolute atomic E-state index is 0.158. The Balaban J connectivity index is 1.88. The predicted octanol–water partition coefficient (Wildman–Crippen LogP) is 4.01. The zero-order valence-electron chi connectivity index (χ0n) is 14.4. The second-order valence-electron chi connectivity index (χ2n) is 6.43. The van der Waals surface area contributed by atoms with Gasteiger partial charge in [0, 0.05) is 23.4 Å². The molecule has 0 radical (unpaired) electrons. The summed E-state index contributed by atoms with van der Waals surface area (Å²) >= 11 is 5.91. The molecule has 6 heteroatoms. The Hall–Kier alpha value is -2.11. The minimum atomic E-state index is -1.54. The van der Waals surface area contributed by atoms with Gasteiger partial charge in [0.25, 0.3) is 0 Å². The Morgan fingerprint density at radius 3 is 2.77 bits per heavy atom. The van der Waals surface area contributed by atoms with Crippen LogP contribution < -0.4 is 4.74 Å². The van der Waals surface area contributed by atoms with E-state index in [9.17, 15) is 14.3 Å². The highest BCUT2D eigenvalue weighted by Crippen LogP contribution is 2.42. The number of aliphatic hydroxyl groups is 1. The van der Waals surface area contributed by atoms with Crippen molar-refractivity contribution in [2.45, 2.75) is 37.9 Å². The molecule has 2 aromatic rings. The van der Waals surface area contributed by atoms with Crippen molar-refractivity contribution in [1.82, 2.24) is 0 Å². The van der Waals surface area contributed by atoms with E-state index in [0.29, 0.717) is 17.2 Å². The van der Waals surface area contributed by atoms with Gasteiger partial charge in [0.2, 0.25) is 0 Å². The molecule has 0 unspecified atom stereocenters. The lowest BCUT2D eigenvalue weighted by atomic mass is 9.81. The van der Waals surface area contributed by atoms with Crippen LogP contribution in [0.2, 0.25) is 5.02 Å². The van der Waals surface area contributed by atoms with Crippen LogP contribution in [0.3, 0.4) is 0 Å². The smallest absolute Gasteiger partial charge is 0.309 e. The Bertz CT molecular complexity index is 793. The van der Waals surface area contributed by atoms with E-state index < -0.39 is 17.4 Å². The van der Waals surface area contributed by atoms with Gasteiger partial charge in [0.05, 0.1) is 13.0 Å². The minimum Gasteiger partial charge on any atom is -0.490 e. The topological polar surface area (TPSA) is 55.8 Å². The van der Waals surface area contributed by atoms with Gasteiger partial charge in [0.15, 0.2) is 0 Å². The molecule has 0 spiro atoms. The first-order chi connectivity index (χ1) is 12.4. The third-order valence-electron chi connectivity index (χ3n) is 4.42. The van der Waals surface area contributed by atoms with Crippen molar-refractivity contribution in [3.63, 3.8) is 0 Å². The average Bonchev–Trinajstić information content (AvgIpc) is 2.58. The summed E-state index contributed by atoms with van der Waals surface area (Å²) in [6.07, 6.45) is 0.0653. The lowest BCUT2D eigenvalue weighted by Crippen LogP contribution is -2.41. The molecule has 0 aliphatic carbocycles. The largest absolute Gasteiger partial charge is 0.490 e. The third kappa shape index (κ3) is 4.17. The molecule has 0 bridgehead atoms. The van der Waals surface area contributed by atoms with Gasteiger partial charge in [-0.2, -0.15) is 0 Å². The van der Waals surface area contributed by atoms with Crippen LogP contribution in [0.1, 0.15) is 30.9 Å². The van der Waals surface area contributed by atoms with Crippen molar-refractivity contribution in [3.05, 3.63) is 64.4 Å². The fraction of sp³-hybridized carbons (Fsp3) is 0.350. The van der Waals surface area contributed by atoms with Gasteiger partial charge in [-0.15, -0.1) is 0 Å². The molecule has 26 heavy (non-hydrogen) atoms. The van der Waals surface area contributed by atoms with Crippen LogP contribution in [-0.4, -0.2) is 23.8 Å². The van der Waals surface area contributed by atoms with Gasteiger partial charge in [0.1, 0.15) is 23.3 Å². The van der Waals surface area contributed by atoms with Crippen LogP contribution in [0.15, 0.2) is 42.5 Å². The van der Waals surface area contributed by atoms with E-state index in [1.807, 2.05) is 12.1 Å². The SMILES string of the molecule is CCOC(=O)C[C@]1(O)C[C@@H](Cc2ccc(Cl)cc2)Oc2ccc(F)cc21. The van der Waals surface area contributed by atoms with E-state index in [4.69, 9.17) is 21.1 Å². The molecule has 1 aliphatic rings. The Morgan fingerprint density at radius 1 is 1.35 bits per heavy atom. The molecule has 1 heterocycles. The summed E-state index contributed by atoms with van der Waals surface area (Å²) in [5.74, 6) is -0.647. The van der Waals surface area contributed by atoms with Crippen LogP contribution in [0.4, 0.5) is 4.39 Å². The van der Waals surface area contributed by atoms with E-state index in [-0.39, 0.29) is 31.1 Å². The van der Waals surface area contributed by atoms with E-state index >= 15 is 0 Å². The lowest BCUT2D eigenvalue weighted by Gasteiger charge is -2.38. The Morgan fingerprint density at radius 2 is 2.08 bits per heavy atom. The summed E-state index contributed by atoms with van der Waals surface area (Å²) in [7, 11) is 0. The van der Waals surface area contributed by atoms with Crippen molar-refractivity contribution in [1.29, 1.82) is 0 Å². The van der Waals surface area contributed by atoms with Crippen LogP contribution in [0.25, 0.3) is 0 Å². The van der Waals surface area contributed by atoms with Gasteiger partial charge >= 0.3 is 5.97 Å². The number of hydrogen-bond donors (Lipinski definition) is 1. The highest BCUT2D eigenvalue weighted by atomic mass is 35.5. The maximum Gasteiger partial charge on any atom is 0.309 e. The second kappa shape index (κ2) is 7.64. The van der Waals surface area contributed by atoms with E-state index in [1.165, 1.54) is 18.2 Å². The monoisotopic (exact) mass is 378 g/mol. The first-order valence-corrected chi connectivity index (χ1v) is 8.86. The number of hydrogen-bond acceptors (Lipinski definition) is 4. The molecular formula is C20H20ClFO4. The number of rotatable bonds is 5. The summed E-state index contributed by atoms with van der Waals surface area (Å²) in [6.45, 7) is 1.92. The molecule has 138 valence electrons. The molecule has 2 atom stereocenters. The molecule has 2 aromatic carbocycles. The van der Waals surface area contributed by atoms with Gasteiger partial charge in [-0.25, -0.2) is 4.39 Å². The van der Waals surface area contributed by atoms with Crippen molar-refractivity contribution < 1.29 is 23.8 Å². The summed E-state index contributed by atoms with van der Waals surface area (Å²) < 4.78 is 24.6. The molecule has 0 saturated carbocycles. The molecule has 1 aliphatic heterocycles. The highest BCUT2D eigenvalue weighted by molar-refractivity contribution is 6.30. The van der Waals surface area contributed by atoms with E-state index in [0.717, 1.165) is 5.56 Å². The van der Waals surface area contributed by atoms with Gasteiger partial charge in [-0.3, -0.25) is 4.79 Å². The first kappa shape index (κ1) is 18.7. The summed E-state index contributed by atoms with van der Waals surface area (Å²) in [5, 5.41) is 11.8. The Labute approximate surface area is 156 Å². The molecular weight excluding hydrogens is 359 g/mol. The summed E-state index contributed by atoms with van der Waals surface area (Å²) in [5.41, 5.74) is -0.277. The molecule has 0 aromatic heterocycles. The van der Waals surface area contributed by atoms with E-state index in [1.54, 1.807) is 19.1 Å².